The van der Waals surface area contributed by atoms with Crippen LogP contribution in [0.5, 0.6) is 0 Å². The van der Waals surface area contributed by atoms with E-state index in [1.165, 1.54) is 29.7 Å². The molecule has 0 unspecified atom stereocenters. The van der Waals surface area contributed by atoms with Crippen LogP contribution in [0.4, 0.5) is 5.69 Å². The molecule has 0 aliphatic heterocycles. The minimum atomic E-state index is 1.05. The minimum absolute atomic E-state index is 1.05. The van der Waals surface area contributed by atoms with Crippen molar-refractivity contribution in [1.29, 1.82) is 0 Å². The first kappa shape index (κ1) is 14.6. The van der Waals surface area contributed by atoms with Gasteiger partial charge in [-0.2, -0.15) is 0 Å². The van der Waals surface area contributed by atoms with Gasteiger partial charge in [-0.3, -0.25) is 4.98 Å². The zero-order valence-electron chi connectivity index (χ0n) is 13.0. The van der Waals surface area contributed by atoms with Crippen molar-refractivity contribution in [2.24, 2.45) is 0 Å². The summed E-state index contributed by atoms with van der Waals surface area (Å²) < 4.78 is 0. The zero-order valence-corrected chi connectivity index (χ0v) is 13.0. The van der Waals surface area contributed by atoms with Crippen LogP contribution in [0.1, 0.15) is 31.0 Å². The van der Waals surface area contributed by atoms with Gasteiger partial charge in [0.2, 0.25) is 0 Å². The second-order valence-corrected chi connectivity index (χ2v) is 5.45. The lowest BCUT2D eigenvalue weighted by Gasteiger charge is -2.21. The number of pyridine rings is 1. The Morgan fingerprint density at radius 1 is 1.10 bits per heavy atom. The summed E-state index contributed by atoms with van der Waals surface area (Å²) >= 11 is 0. The highest BCUT2D eigenvalue weighted by Gasteiger charge is 2.07. The lowest BCUT2D eigenvalue weighted by atomic mass is 10.1. The number of anilines is 1. The average molecular weight is 268 g/mol. The molecule has 0 spiro atoms. The monoisotopic (exact) mass is 268 g/mol. The molecule has 0 saturated carbocycles. The highest BCUT2D eigenvalue weighted by atomic mass is 15.1. The van der Waals surface area contributed by atoms with E-state index in [4.69, 9.17) is 4.98 Å². The lowest BCUT2D eigenvalue weighted by Crippen LogP contribution is -2.19. The molecule has 0 saturated heterocycles. The van der Waals surface area contributed by atoms with Crippen LogP contribution in [0.25, 0.3) is 11.3 Å². The van der Waals surface area contributed by atoms with E-state index in [1.54, 1.807) is 0 Å². The lowest BCUT2D eigenvalue weighted by molar-refractivity contribution is 0.763. The van der Waals surface area contributed by atoms with Crippen molar-refractivity contribution in [2.45, 2.75) is 33.6 Å². The Hall–Kier alpha value is -1.83. The molecular weight excluding hydrogens is 244 g/mol. The molecule has 0 fully saturated rings. The van der Waals surface area contributed by atoms with E-state index < -0.39 is 0 Å². The standard InChI is InChI=1S/C18H24N2/c1-5-6-12-20(4)18-11-10-17(19-15(18)3)16-9-7-8-14(2)13-16/h7-11,13H,5-6,12H2,1-4H3. The van der Waals surface area contributed by atoms with E-state index in [0.29, 0.717) is 0 Å². The fourth-order valence-corrected chi connectivity index (χ4v) is 2.44. The van der Waals surface area contributed by atoms with E-state index in [2.05, 4.69) is 69.1 Å². The second-order valence-electron chi connectivity index (χ2n) is 5.45. The van der Waals surface area contributed by atoms with Gasteiger partial charge in [-0.25, -0.2) is 0 Å². The van der Waals surface area contributed by atoms with E-state index in [0.717, 1.165) is 17.9 Å². The Morgan fingerprint density at radius 2 is 1.90 bits per heavy atom. The maximum atomic E-state index is 4.77. The van der Waals surface area contributed by atoms with Crippen molar-refractivity contribution in [3.05, 3.63) is 47.7 Å². The van der Waals surface area contributed by atoms with Crippen LogP contribution in [-0.4, -0.2) is 18.6 Å². The highest BCUT2D eigenvalue weighted by molar-refractivity contribution is 5.63. The zero-order chi connectivity index (χ0) is 14.5. The average Bonchev–Trinajstić information content (AvgIpc) is 2.44. The molecule has 0 bridgehead atoms. The van der Waals surface area contributed by atoms with Gasteiger partial charge in [-0.05, 0) is 38.5 Å². The molecule has 106 valence electrons. The van der Waals surface area contributed by atoms with Gasteiger partial charge >= 0.3 is 0 Å². The fourth-order valence-electron chi connectivity index (χ4n) is 2.44. The van der Waals surface area contributed by atoms with E-state index in [1.807, 2.05) is 0 Å². The largest absolute Gasteiger partial charge is 0.373 e. The Balaban J connectivity index is 2.25. The first-order chi connectivity index (χ1) is 9.61. The normalized spacial score (nSPS) is 10.6. The number of rotatable bonds is 5. The van der Waals surface area contributed by atoms with Gasteiger partial charge < -0.3 is 4.90 Å². The van der Waals surface area contributed by atoms with Crippen molar-refractivity contribution < 1.29 is 0 Å². The molecule has 1 heterocycles. The molecule has 1 aromatic heterocycles. The van der Waals surface area contributed by atoms with Gasteiger partial charge in [0.15, 0.2) is 0 Å². The summed E-state index contributed by atoms with van der Waals surface area (Å²) in [6, 6.07) is 12.8. The van der Waals surface area contributed by atoms with Crippen LogP contribution in [0.2, 0.25) is 0 Å². The van der Waals surface area contributed by atoms with Crippen molar-refractivity contribution in [2.75, 3.05) is 18.5 Å². The first-order valence-electron chi connectivity index (χ1n) is 7.37. The molecule has 2 nitrogen and oxygen atoms in total. The quantitative estimate of drug-likeness (QED) is 0.787. The predicted molar refractivity (Wildman–Crippen MR) is 87.3 cm³/mol. The molecule has 0 N–H and O–H groups in total. The molecule has 2 heteroatoms. The summed E-state index contributed by atoms with van der Waals surface area (Å²) in [5, 5.41) is 0. The molecule has 0 aliphatic rings. The first-order valence-corrected chi connectivity index (χ1v) is 7.37. The van der Waals surface area contributed by atoms with E-state index >= 15 is 0 Å². The molecule has 20 heavy (non-hydrogen) atoms. The van der Waals surface area contributed by atoms with Gasteiger partial charge in [0.05, 0.1) is 17.1 Å². The molecule has 0 radical (unpaired) electrons. The van der Waals surface area contributed by atoms with Gasteiger partial charge in [-0.1, -0.05) is 37.1 Å². The Labute approximate surface area is 122 Å². The summed E-state index contributed by atoms with van der Waals surface area (Å²) in [5.74, 6) is 0. The number of benzene rings is 1. The number of hydrogen-bond acceptors (Lipinski definition) is 2. The van der Waals surface area contributed by atoms with E-state index in [-0.39, 0.29) is 0 Å². The summed E-state index contributed by atoms with van der Waals surface area (Å²) in [6.07, 6.45) is 2.44. The van der Waals surface area contributed by atoms with Crippen molar-refractivity contribution in [1.82, 2.24) is 4.98 Å². The summed E-state index contributed by atoms with van der Waals surface area (Å²) in [5.41, 5.74) is 5.85. The van der Waals surface area contributed by atoms with Gasteiger partial charge in [0.25, 0.3) is 0 Å². The molecule has 0 atom stereocenters. The third kappa shape index (κ3) is 3.38. The number of aryl methyl sites for hydroxylation is 2. The number of nitrogens with zero attached hydrogens (tertiary/aromatic N) is 2. The smallest absolute Gasteiger partial charge is 0.0706 e. The van der Waals surface area contributed by atoms with Crippen molar-refractivity contribution in [3.8, 4) is 11.3 Å². The molecular formula is C18H24N2. The number of unbranched alkanes of at least 4 members (excludes halogenated alkanes) is 1. The molecule has 2 rings (SSSR count). The SMILES string of the molecule is CCCCN(C)c1ccc(-c2cccc(C)c2)nc1C. The van der Waals surface area contributed by atoms with Gasteiger partial charge in [0, 0.05) is 19.2 Å². The molecule has 1 aromatic carbocycles. The maximum absolute atomic E-state index is 4.77. The van der Waals surface area contributed by atoms with Crippen molar-refractivity contribution in [3.63, 3.8) is 0 Å². The van der Waals surface area contributed by atoms with Gasteiger partial charge in [-0.15, -0.1) is 0 Å². The second kappa shape index (κ2) is 6.56. The Kier molecular flexibility index (Phi) is 4.78. The van der Waals surface area contributed by atoms with Crippen LogP contribution in [0.15, 0.2) is 36.4 Å². The van der Waals surface area contributed by atoms with Crippen LogP contribution in [-0.2, 0) is 0 Å². The van der Waals surface area contributed by atoms with Crippen LogP contribution in [0, 0.1) is 13.8 Å². The minimum Gasteiger partial charge on any atom is -0.373 e. The Morgan fingerprint density at radius 3 is 2.55 bits per heavy atom. The van der Waals surface area contributed by atoms with E-state index in [9.17, 15) is 0 Å². The highest BCUT2D eigenvalue weighted by Crippen LogP contribution is 2.24. The molecule has 0 aliphatic carbocycles. The third-order valence-electron chi connectivity index (χ3n) is 3.63. The summed E-state index contributed by atoms with van der Waals surface area (Å²) in [4.78, 5) is 7.07. The predicted octanol–water partition coefficient (Wildman–Crippen LogP) is 4.60. The molecule has 2 aromatic rings. The number of aromatic nitrogens is 1. The van der Waals surface area contributed by atoms with Crippen LogP contribution < -0.4 is 4.90 Å². The van der Waals surface area contributed by atoms with Crippen LogP contribution in [0.3, 0.4) is 0 Å². The number of hydrogen-bond donors (Lipinski definition) is 0. The van der Waals surface area contributed by atoms with Crippen molar-refractivity contribution >= 4 is 5.69 Å². The topological polar surface area (TPSA) is 16.1 Å². The fraction of sp³-hybridized carbons (Fsp3) is 0.389. The van der Waals surface area contributed by atoms with Crippen LogP contribution >= 0.6 is 0 Å². The molecule has 0 amide bonds. The van der Waals surface area contributed by atoms with Gasteiger partial charge in [0.1, 0.15) is 0 Å². The Bertz CT molecular complexity index is 575. The maximum Gasteiger partial charge on any atom is 0.0706 e. The summed E-state index contributed by atoms with van der Waals surface area (Å²) in [6.45, 7) is 7.52. The summed E-state index contributed by atoms with van der Waals surface area (Å²) in [7, 11) is 2.14. The third-order valence-corrected chi connectivity index (χ3v) is 3.63.